The maximum atomic E-state index is 12.6. The van der Waals surface area contributed by atoms with Gasteiger partial charge in [-0.3, -0.25) is 14.5 Å². The van der Waals surface area contributed by atoms with Crippen LogP contribution in [0, 0.1) is 5.92 Å². The Balaban J connectivity index is 1.36. The Morgan fingerprint density at radius 3 is 2.50 bits per heavy atom. The molecule has 170 valence electrons. The number of benzene rings is 2. The lowest BCUT2D eigenvalue weighted by atomic mass is 10.0. The van der Waals surface area contributed by atoms with E-state index < -0.39 is 0 Å². The predicted molar refractivity (Wildman–Crippen MR) is 130 cm³/mol. The van der Waals surface area contributed by atoms with Crippen molar-refractivity contribution in [2.24, 2.45) is 5.92 Å². The number of nitrogens with zero attached hydrogens (tertiary/aromatic N) is 2. The zero-order valence-corrected chi connectivity index (χ0v) is 19.6. The van der Waals surface area contributed by atoms with Gasteiger partial charge in [0, 0.05) is 42.8 Å². The Kier molecular flexibility index (Phi) is 6.95. The second-order valence-corrected chi connectivity index (χ2v) is 9.45. The van der Waals surface area contributed by atoms with E-state index in [1.807, 2.05) is 43.0 Å². The van der Waals surface area contributed by atoms with E-state index in [1.54, 1.807) is 0 Å². The molecule has 4 rings (SSSR count). The molecule has 1 fully saturated rings. The minimum Gasteiger partial charge on any atom is -0.351 e. The van der Waals surface area contributed by atoms with Crippen LogP contribution >= 0.6 is 0 Å². The summed E-state index contributed by atoms with van der Waals surface area (Å²) < 4.78 is 0. The molecule has 0 bridgehead atoms. The molecule has 2 aromatic carbocycles. The molecule has 0 spiro atoms. The summed E-state index contributed by atoms with van der Waals surface area (Å²) in [7, 11) is 0. The third-order valence-electron chi connectivity index (χ3n) is 6.84. The monoisotopic (exact) mass is 433 g/mol. The molecule has 2 aliphatic rings. The summed E-state index contributed by atoms with van der Waals surface area (Å²) in [4.78, 5) is 29.4. The molecule has 1 atom stereocenters. The molecule has 32 heavy (non-hydrogen) atoms. The highest BCUT2D eigenvalue weighted by Gasteiger charge is 2.26. The Morgan fingerprint density at radius 2 is 1.78 bits per heavy atom. The molecule has 0 unspecified atom stereocenters. The van der Waals surface area contributed by atoms with Crippen LogP contribution in [0.15, 0.2) is 42.5 Å². The molecule has 2 heterocycles. The van der Waals surface area contributed by atoms with Crippen LogP contribution in [0.5, 0.6) is 0 Å². The van der Waals surface area contributed by atoms with E-state index in [4.69, 9.17) is 0 Å². The number of carbonyl (C=O) groups is 2. The Morgan fingerprint density at radius 1 is 1.03 bits per heavy atom. The van der Waals surface area contributed by atoms with Gasteiger partial charge in [-0.2, -0.15) is 0 Å². The number of hydrogen-bond donors (Lipinski definition) is 1. The van der Waals surface area contributed by atoms with Gasteiger partial charge in [-0.05, 0) is 73.7 Å². The average Bonchev–Trinajstić information content (AvgIpc) is 3.23. The van der Waals surface area contributed by atoms with Gasteiger partial charge >= 0.3 is 0 Å². The van der Waals surface area contributed by atoms with E-state index in [2.05, 4.69) is 35.3 Å². The van der Waals surface area contributed by atoms with Crippen LogP contribution in [0.3, 0.4) is 0 Å². The van der Waals surface area contributed by atoms with Crippen molar-refractivity contribution in [2.45, 2.75) is 52.5 Å². The molecule has 0 saturated carbocycles. The third kappa shape index (κ3) is 4.88. The second-order valence-electron chi connectivity index (χ2n) is 9.45. The molecule has 0 aliphatic carbocycles. The predicted octanol–water partition coefficient (Wildman–Crippen LogP) is 4.50. The molecule has 2 aliphatic heterocycles. The van der Waals surface area contributed by atoms with Crippen molar-refractivity contribution < 1.29 is 9.59 Å². The first kappa shape index (κ1) is 22.5. The number of carbonyl (C=O) groups excluding carboxylic acids is 2. The van der Waals surface area contributed by atoms with Crippen LogP contribution in [0.25, 0.3) is 11.1 Å². The fourth-order valence-electron chi connectivity index (χ4n) is 4.84. The van der Waals surface area contributed by atoms with Crippen molar-refractivity contribution in [3.05, 3.63) is 53.6 Å². The second kappa shape index (κ2) is 9.86. The van der Waals surface area contributed by atoms with Crippen LogP contribution < -0.4 is 10.2 Å². The maximum Gasteiger partial charge on any atom is 0.251 e. The highest BCUT2D eigenvalue weighted by atomic mass is 16.2. The van der Waals surface area contributed by atoms with Crippen LogP contribution in [-0.2, 0) is 11.2 Å². The third-order valence-corrected chi connectivity index (χ3v) is 6.84. The van der Waals surface area contributed by atoms with Crippen molar-refractivity contribution in [3.8, 4) is 11.1 Å². The van der Waals surface area contributed by atoms with E-state index in [-0.39, 0.29) is 17.7 Å². The van der Waals surface area contributed by atoms with Gasteiger partial charge in [0.2, 0.25) is 5.91 Å². The summed E-state index contributed by atoms with van der Waals surface area (Å²) in [5, 5.41) is 3.07. The number of likely N-dealkylation sites (tertiary alicyclic amines) is 1. The zero-order valence-electron chi connectivity index (χ0n) is 19.6. The SMILES string of the molecule is CC(C)C(=O)N1CCc2cc(-c3ccc(C(=O)NCCN4CCCC[C@H]4C)cc3)ccc21. The zero-order chi connectivity index (χ0) is 22.7. The molecule has 1 N–H and O–H groups in total. The topological polar surface area (TPSA) is 52.7 Å². The van der Waals surface area contributed by atoms with Gasteiger partial charge in [-0.1, -0.05) is 38.5 Å². The molecule has 5 nitrogen and oxygen atoms in total. The summed E-state index contributed by atoms with van der Waals surface area (Å²) in [6.45, 7) is 9.65. The number of rotatable bonds is 6. The molecule has 0 aromatic heterocycles. The van der Waals surface area contributed by atoms with Crippen LogP contribution in [-0.4, -0.2) is 48.9 Å². The van der Waals surface area contributed by atoms with E-state index >= 15 is 0 Å². The minimum absolute atomic E-state index is 0.00238. The average molecular weight is 434 g/mol. The molecule has 2 aromatic rings. The molecule has 5 heteroatoms. The number of amides is 2. The van der Waals surface area contributed by atoms with Crippen molar-refractivity contribution in [3.63, 3.8) is 0 Å². The normalized spacial score (nSPS) is 18.6. The Hall–Kier alpha value is -2.66. The van der Waals surface area contributed by atoms with Gasteiger partial charge in [-0.15, -0.1) is 0 Å². The fraction of sp³-hybridized carbons (Fsp3) is 0.481. The largest absolute Gasteiger partial charge is 0.351 e. The quantitative estimate of drug-likeness (QED) is 0.730. The molecular weight excluding hydrogens is 398 g/mol. The lowest BCUT2D eigenvalue weighted by Gasteiger charge is -2.33. The van der Waals surface area contributed by atoms with Crippen LogP contribution in [0.1, 0.15) is 56.0 Å². The summed E-state index contributed by atoms with van der Waals surface area (Å²) >= 11 is 0. The Bertz CT molecular complexity index is 967. The van der Waals surface area contributed by atoms with Gasteiger partial charge in [0.1, 0.15) is 0 Å². The van der Waals surface area contributed by atoms with Gasteiger partial charge in [0.15, 0.2) is 0 Å². The van der Waals surface area contributed by atoms with Gasteiger partial charge in [0.05, 0.1) is 0 Å². The summed E-state index contributed by atoms with van der Waals surface area (Å²) in [5.41, 5.74) is 5.14. The number of fused-ring (bicyclic) bond motifs is 1. The smallest absolute Gasteiger partial charge is 0.251 e. The van der Waals surface area contributed by atoms with Crippen molar-refractivity contribution in [2.75, 3.05) is 31.1 Å². The van der Waals surface area contributed by atoms with E-state index in [0.29, 0.717) is 18.2 Å². The number of nitrogens with one attached hydrogen (secondary N) is 1. The van der Waals surface area contributed by atoms with Crippen LogP contribution in [0.4, 0.5) is 5.69 Å². The van der Waals surface area contributed by atoms with Crippen molar-refractivity contribution in [1.29, 1.82) is 0 Å². The highest BCUT2D eigenvalue weighted by molar-refractivity contribution is 5.97. The number of piperidine rings is 1. The van der Waals surface area contributed by atoms with Gasteiger partial charge in [-0.25, -0.2) is 0 Å². The number of anilines is 1. The molecule has 2 amide bonds. The molecule has 1 saturated heterocycles. The number of hydrogen-bond acceptors (Lipinski definition) is 3. The first-order chi connectivity index (χ1) is 15.4. The summed E-state index contributed by atoms with van der Waals surface area (Å²) in [5.74, 6) is 0.169. The lowest BCUT2D eigenvalue weighted by molar-refractivity contribution is -0.121. The van der Waals surface area contributed by atoms with Crippen LogP contribution in [0.2, 0.25) is 0 Å². The summed E-state index contributed by atoms with van der Waals surface area (Å²) in [6, 6.07) is 14.7. The van der Waals surface area contributed by atoms with Crippen molar-refractivity contribution >= 4 is 17.5 Å². The first-order valence-electron chi connectivity index (χ1n) is 12.0. The Labute approximate surface area is 191 Å². The van der Waals surface area contributed by atoms with E-state index in [1.165, 1.54) is 24.8 Å². The first-order valence-corrected chi connectivity index (χ1v) is 12.0. The van der Waals surface area contributed by atoms with Crippen molar-refractivity contribution in [1.82, 2.24) is 10.2 Å². The molecular formula is C27H35N3O2. The van der Waals surface area contributed by atoms with E-state index in [9.17, 15) is 9.59 Å². The summed E-state index contributed by atoms with van der Waals surface area (Å²) in [6.07, 6.45) is 4.71. The van der Waals surface area contributed by atoms with Gasteiger partial charge < -0.3 is 10.2 Å². The standard InChI is InChI=1S/C27H35N3O2/c1-19(2)27(32)30-16-13-24-18-23(11-12-25(24)30)21-7-9-22(10-8-21)26(31)28-14-17-29-15-5-4-6-20(29)3/h7-12,18-20H,4-6,13-17H2,1-3H3,(H,28,31)/t20-/m1/s1. The highest BCUT2D eigenvalue weighted by Crippen LogP contribution is 2.33. The van der Waals surface area contributed by atoms with Gasteiger partial charge in [0.25, 0.3) is 5.91 Å². The minimum atomic E-state index is -0.0157. The van der Waals surface area contributed by atoms with E-state index in [0.717, 1.165) is 42.9 Å². The lowest BCUT2D eigenvalue weighted by Crippen LogP contribution is -2.42. The maximum absolute atomic E-state index is 12.6. The fourth-order valence-corrected chi connectivity index (χ4v) is 4.84. The molecule has 0 radical (unpaired) electrons.